The average molecular weight is 241 g/mol. The fraction of sp³-hybridized carbons (Fsp3) is 0.273. The van der Waals surface area contributed by atoms with Crippen LogP contribution in [0.4, 0.5) is 8.78 Å². The molecule has 1 aromatic rings. The van der Waals surface area contributed by atoms with Crippen LogP contribution in [0.5, 0.6) is 5.88 Å². The van der Waals surface area contributed by atoms with Gasteiger partial charge in [0, 0.05) is 26.4 Å². The first kappa shape index (κ1) is 13.1. The van der Waals surface area contributed by atoms with Crippen molar-refractivity contribution in [3.63, 3.8) is 0 Å². The summed E-state index contributed by atoms with van der Waals surface area (Å²) in [4.78, 5) is 16.4. The summed E-state index contributed by atoms with van der Waals surface area (Å²) in [5, 5.41) is 0. The number of halogens is 2. The van der Waals surface area contributed by atoms with Crippen molar-refractivity contribution >= 4 is 5.78 Å². The summed E-state index contributed by atoms with van der Waals surface area (Å²) in [6.45, 7) is 0. The standard InChI is InChI=1S/C11H11F2N2O2/c1-15(2)6-8(13)10(16)9-5-4-7(12)11(14-9)17-3/h4,6H,1-3H3. The molecule has 0 N–H and O–H groups in total. The van der Waals surface area contributed by atoms with E-state index in [-0.39, 0.29) is 11.6 Å². The van der Waals surface area contributed by atoms with Gasteiger partial charge in [0.25, 0.3) is 5.88 Å². The van der Waals surface area contributed by atoms with Crippen LogP contribution in [-0.2, 0) is 0 Å². The normalized spacial score (nSPS) is 11.2. The van der Waals surface area contributed by atoms with E-state index in [4.69, 9.17) is 0 Å². The third-order valence-electron chi connectivity index (χ3n) is 1.75. The van der Waals surface area contributed by atoms with Crippen LogP contribution in [0.1, 0.15) is 10.5 Å². The minimum absolute atomic E-state index is 0.334. The highest BCUT2D eigenvalue weighted by Gasteiger charge is 2.17. The van der Waals surface area contributed by atoms with Gasteiger partial charge in [-0.2, -0.15) is 0 Å². The molecule has 1 radical (unpaired) electrons. The molecule has 0 aliphatic heterocycles. The van der Waals surface area contributed by atoms with E-state index in [2.05, 4.69) is 15.8 Å². The molecule has 1 rings (SSSR count). The Morgan fingerprint density at radius 1 is 1.59 bits per heavy atom. The van der Waals surface area contributed by atoms with Crippen LogP contribution in [0.3, 0.4) is 0 Å². The smallest absolute Gasteiger partial charge is 0.250 e. The van der Waals surface area contributed by atoms with Crippen molar-refractivity contribution in [3.05, 3.63) is 35.7 Å². The van der Waals surface area contributed by atoms with E-state index in [1.807, 2.05) is 0 Å². The van der Waals surface area contributed by atoms with Gasteiger partial charge in [-0.1, -0.05) is 0 Å². The summed E-state index contributed by atoms with van der Waals surface area (Å²) in [6, 6.07) is 3.13. The number of carbonyl (C=O) groups is 1. The fourth-order valence-electron chi connectivity index (χ4n) is 1.04. The number of pyridine rings is 1. The number of aromatic nitrogens is 1. The molecule has 1 aromatic heterocycles. The lowest BCUT2D eigenvalue weighted by atomic mass is 10.2. The second kappa shape index (κ2) is 5.38. The molecule has 0 saturated heterocycles. The Morgan fingerprint density at radius 2 is 2.24 bits per heavy atom. The molecule has 17 heavy (non-hydrogen) atoms. The van der Waals surface area contributed by atoms with Crippen LogP contribution in [-0.4, -0.2) is 36.9 Å². The lowest BCUT2D eigenvalue weighted by molar-refractivity contribution is 0.0995. The number of ketones is 1. The molecule has 4 nitrogen and oxygen atoms in total. The summed E-state index contributed by atoms with van der Waals surface area (Å²) in [5.74, 6) is -3.12. The van der Waals surface area contributed by atoms with Crippen LogP contribution in [0.2, 0.25) is 0 Å². The molecule has 0 aromatic carbocycles. The van der Waals surface area contributed by atoms with Crippen molar-refractivity contribution in [2.75, 3.05) is 21.2 Å². The van der Waals surface area contributed by atoms with Crippen LogP contribution in [0, 0.1) is 11.9 Å². The summed E-state index contributed by atoms with van der Waals surface area (Å²) in [6.07, 6.45) is 0.994. The van der Waals surface area contributed by atoms with E-state index < -0.39 is 17.4 Å². The van der Waals surface area contributed by atoms with Gasteiger partial charge < -0.3 is 9.64 Å². The predicted octanol–water partition coefficient (Wildman–Crippen LogP) is 1.58. The first-order valence-corrected chi connectivity index (χ1v) is 4.66. The second-order valence-corrected chi connectivity index (χ2v) is 3.38. The molecule has 6 heteroatoms. The van der Waals surface area contributed by atoms with Gasteiger partial charge in [0.2, 0.25) is 5.78 Å². The zero-order chi connectivity index (χ0) is 13.0. The van der Waals surface area contributed by atoms with Crippen LogP contribution in [0.15, 0.2) is 18.1 Å². The van der Waals surface area contributed by atoms with E-state index in [1.165, 1.54) is 12.0 Å². The Kier molecular flexibility index (Phi) is 4.14. The lowest BCUT2D eigenvalue weighted by Gasteiger charge is -2.05. The second-order valence-electron chi connectivity index (χ2n) is 3.38. The van der Waals surface area contributed by atoms with E-state index in [1.54, 1.807) is 14.1 Å². The highest BCUT2D eigenvalue weighted by atomic mass is 19.1. The van der Waals surface area contributed by atoms with Gasteiger partial charge in [0.05, 0.1) is 7.11 Å². The molecule has 91 valence electrons. The molecule has 0 atom stereocenters. The van der Waals surface area contributed by atoms with Crippen molar-refractivity contribution in [2.45, 2.75) is 0 Å². The van der Waals surface area contributed by atoms with E-state index in [0.29, 0.717) is 0 Å². The average Bonchev–Trinajstić information content (AvgIpc) is 2.27. The topological polar surface area (TPSA) is 42.4 Å². The van der Waals surface area contributed by atoms with Gasteiger partial charge >= 0.3 is 0 Å². The van der Waals surface area contributed by atoms with Crippen molar-refractivity contribution in [3.8, 4) is 5.88 Å². The SMILES string of the molecule is COc1nc(C(=O)C(F)=CN(C)C)[c]cc1F. The fourth-order valence-corrected chi connectivity index (χ4v) is 1.04. The molecule has 0 aliphatic rings. The maximum atomic E-state index is 13.3. The molecular formula is C11H11F2N2O2. The quantitative estimate of drug-likeness (QED) is 0.593. The van der Waals surface area contributed by atoms with Gasteiger partial charge in [-0.05, 0) is 6.07 Å². The molecule has 0 bridgehead atoms. The third kappa shape index (κ3) is 3.24. The van der Waals surface area contributed by atoms with Crippen molar-refractivity contribution < 1.29 is 18.3 Å². The van der Waals surface area contributed by atoms with Gasteiger partial charge in [0.1, 0.15) is 5.69 Å². The number of carbonyl (C=O) groups excluding carboxylic acids is 1. The van der Waals surface area contributed by atoms with Gasteiger partial charge in [0.15, 0.2) is 11.6 Å². The minimum atomic E-state index is -1.01. The van der Waals surface area contributed by atoms with E-state index in [0.717, 1.165) is 12.3 Å². The highest BCUT2D eigenvalue weighted by molar-refractivity contribution is 6.05. The highest BCUT2D eigenvalue weighted by Crippen LogP contribution is 2.15. The van der Waals surface area contributed by atoms with Crippen molar-refractivity contribution in [2.24, 2.45) is 0 Å². The predicted molar refractivity (Wildman–Crippen MR) is 56.8 cm³/mol. The number of nitrogens with zero attached hydrogens (tertiary/aromatic N) is 2. The minimum Gasteiger partial charge on any atom is -0.479 e. The number of hydrogen-bond acceptors (Lipinski definition) is 4. The number of ether oxygens (including phenoxy) is 1. The molecule has 0 amide bonds. The van der Waals surface area contributed by atoms with Gasteiger partial charge in [-0.25, -0.2) is 13.8 Å². The van der Waals surface area contributed by atoms with Crippen LogP contribution in [0.25, 0.3) is 0 Å². The molecule has 0 aliphatic carbocycles. The largest absolute Gasteiger partial charge is 0.479 e. The number of hydrogen-bond donors (Lipinski definition) is 0. The first-order chi connectivity index (χ1) is 7.95. The lowest BCUT2D eigenvalue weighted by Crippen LogP contribution is -2.09. The van der Waals surface area contributed by atoms with Gasteiger partial charge in [-0.3, -0.25) is 4.79 Å². The number of allylic oxidation sites excluding steroid dienone is 1. The number of methoxy groups -OCH3 is 1. The summed E-state index contributed by atoms with van der Waals surface area (Å²) < 4.78 is 30.9. The Balaban J connectivity index is 3.05. The third-order valence-corrected chi connectivity index (χ3v) is 1.75. The van der Waals surface area contributed by atoms with Crippen LogP contribution < -0.4 is 4.74 Å². The maximum Gasteiger partial charge on any atom is 0.250 e. The van der Waals surface area contributed by atoms with Crippen molar-refractivity contribution in [1.82, 2.24) is 9.88 Å². The Hall–Kier alpha value is -1.98. The molecule has 0 fully saturated rings. The Morgan fingerprint density at radius 3 is 2.76 bits per heavy atom. The molecule has 0 spiro atoms. The molecule has 0 unspecified atom stereocenters. The molecule has 0 saturated carbocycles. The van der Waals surface area contributed by atoms with Gasteiger partial charge in [-0.15, -0.1) is 0 Å². The summed E-state index contributed by atoms with van der Waals surface area (Å²) >= 11 is 0. The number of rotatable bonds is 4. The summed E-state index contributed by atoms with van der Waals surface area (Å²) in [7, 11) is 4.33. The molecular weight excluding hydrogens is 230 g/mol. The Labute approximate surface area is 97.5 Å². The van der Waals surface area contributed by atoms with Crippen LogP contribution >= 0.6 is 0 Å². The van der Waals surface area contributed by atoms with Crippen molar-refractivity contribution in [1.29, 1.82) is 0 Å². The monoisotopic (exact) mass is 241 g/mol. The zero-order valence-corrected chi connectivity index (χ0v) is 9.62. The number of Topliss-reactive ketones (excluding diaryl/α,β-unsaturated/α-hetero) is 1. The van der Waals surface area contributed by atoms with E-state index in [9.17, 15) is 13.6 Å². The maximum absolute atomic E-state index is 13.3. The first-order valence-electron chi connectivity index (χ1n) is 4.66. The zero-order valence-electron chi connectivity index (χ0n) is 9.62. The Bertz CT molecular complexity index is 459. The van der Waals surface area contributed by atoms with E-state index >= 15 is 0 Å². The molecule has 1 heterocycles. The summed E-state index contributed by atoms with van der Waals surface area (Å²) in [5.41, 5.74) is -0.334.